The Labute approximate surface area is 138 Å². The molecule has 24 heavy (non-hydrogen) atoms. The molecule has 0 amide bonds. The number of nitrogens with zero attached hydrogens (tertiary/aromatic N) is 6. The maximum atomic E-state index is 14.5. The van der Waals surface area contributed by atoms with Gasteiger partial charge in [0.15, 0.2) is 0 Å². The first-order chi connectivity index (χ1) is 11.8. The number of ether oxygens (including phenoxy) is 1. The minimum atomic E-state index is -0.263. The molecule has 0 aliphatic carbocycles. The van der Waals surface area contributed by atoms with Gasteiger partial charge in [0.1, 0.15) is 18.9 Å². The highest BCUT2D eigenvalue weighted by Gasteiger charge is 2.25. The lowest BCUT2D eigenvalue weighted by molar-refractivity contribution is 0.0991. The van der Waals surface area contributed by atoms with Gasteiger partial charge in [-0.3, -0.25) is 0 Å². The summed E-state index contributed by atoms with van der Waals surface area (Å²) < 4.78 is 22.0. The van der Waals surface area contributed by atoms with Crippen LogP contribution in [0.2, 0.25) is 0 Å². The average Bonchev–Trinajstić information content (AvgIpc) is 3.28. The Morgan fingerprint density at radius 1 is 1.38 bits per heavy atom. The van der Waals surface area contributed by atoms with Crippen LogP contribution in [0.15, 0.2) is 35.7 Å². The number of hydrogen-bond acceptors (Lipinski definition) is 7. The van der Waals surface area contributed by atoms with Gasteiger partial charge in [-0.05, 0) is 18.2 Å². The van der Waals surface area contributed by atoms with E-state index in [4.69, 9.17) is 4.74 Å². The van der Waals surface area contributed by atoms with E-state index in [2.05, 4.69) is 20.8 Å². The van der Waals surface area contributed by atoms with Crippen molar-refractivity contribution >= 4 is 17.7 Å². The van der Waals surface area contributed by atoms with Crippen molar-refractivity contribution in [2.45, 2.75) is 12.6 Å². The molecule has 3 heterocycles. The quantitative estimate of drug-likeness (QED) is 0.886. The predicted octanol–water partition coefficient (Wildman–Crippen LogP) is 0.633. The summed E-state index contributed by atoms with van der Waals surface area (Å²) in [5.74, 6) is -0.263. The van der Waals surface area contributed by atoms with E-state index in [-0.39, 0.29) is 11.9 Å². The Hall–Kier alpha value is -2.68. The lowest BCUT2D eigenvalue weighted by atomic mass is 10.2. The summed E-state index contributed by atoms with van der Waals surface area (Å²) in [5, 5.41) is 11.7. The second-order valence-corrected chi connectivity index (χ2v) is 5.75. The van der Waals surface area contributed by atoms with E-state index >= 15 is 0 Å². The molecule has 1 N–H and O–H groups in total. The Balaban J connectivity index is 1.44. The monoisotopic (exact) mass is 331 g/mol. The lowest BCUT2D eigenvalue weighted by Crippen LogP contribution is -2.35. The Kier molecular flexibility index (Phi) is 3.99. The standard InChI is InChI=1S/C15H18FN7O/c16-14-7-12(1-2-15(14)21-5-3-17-19-10-21)22-8-13(24-11-22)9-23-6-4-18-20-23/h1-2,4,6-7,10,13,17H,3,5,8-9,11H2/t13-/m1/s1. The molecule has 1 fully saturated rings. The van der Waals surface area contributed by atoms with E-state index in [0.29, 0.717) is 38.6 Å². The molecule has 1 aromatic carbocycles. The van der Waals surface area contributed by atoms with Gasteiger partial charge >= 0.3 is 0 Å². The first-order valence-electron chi connectivity index (χ1n) is 7.82. The summed E-state index contributed by atoms with van der Waals surface area (Å²) in [6, 6.07) is 5.24. The van der Waals surface area contributed by atoms with Gasteiger partial charge < -0.3 is 20.0 Å². The molecule has 2 aliphatic rings. The van der Waals surface area contributed by atoms with E-state index in [0.717, 1.165) is 5.69 Å². The third kappa shape index (κ3) is 3.02. The Morgan fingerprint density at radius 2 is 2.33 bits per heavy atom. The van der Waals surface area contributed by atoms with Crippen LogP contribution in [-0.4, -0.2) is 53.8 Å². The molecule has 1 aromatic heterocycles. The summed E-state index contributed by atoms with van der Waals surface area (Å²) in [6.07, 6.45) is 5.06. The number of hydrazone groups is 1. The van der Waals surface area contributed by atoms with E-state index in [1.807, 2.05) is 11.0 Å². The number of rotatable bonds is 4. The first kappa shape index (κ1) is 14.9. The highest BCUT2D eigenvalue weighted by molar-refractivity contribution is 5.80. The van der Waals surface area contributed by atoms with Gasteiger partial charge in [0.25, 0.3) is 0 Å². The van der Waals surface area contributed by atoms with Gasteiger partial charge in [-0.15, -0.1) is 5.10 Å². The molecule has 126 valence electrons. The largest absolute Gasteiger partial charge is 0.354 e. The summed E-state index contributed by atoms with van der Waals surface area (Å²) in [6.45, 7) is 3.14. The summed E-state index contributed by atoms with van der Waals surface area (Å²) in [7, 11) is 0. The van der Waals surface area contributed by atoms with Crippen LogP contribution in [0, 0.1) is 5.82 Å². The number of halogens is 1. The van der Waals surface area contributed by atoms with E-state index in [9.17, 15) is 4.39 Å². The maximum Gasteiger partial charge on any atom is 0.148 e. The average molecular weight is 331 g/mol. The molecule has 0 saturated carbocycles. The SMILES string of the molecule is Fc1cc(N2CO[C@@H](Cn3ccnn3)C2)ccc1N1C=NNCC1. The summed E-state index contributed by atoms with van der Waals surface area (Å²) >= 11 is 0. The van der Waals surface area contributed by atoms with Crippen LogP contribution in [0.3, 0.4) is 0 Å². The van der Waals surface area contributed by atoms with Crippen LogP contribution >= 0.6 is 0 Å². The molecule has 2 aromatic rings. The van der Waals surface area contributed by atoms with Crippen LogP contribution in [0.25, 0.3) is 0 Å². The molecule has 9 heteroatoms. The number of aromatic nitrogens is 3. The third-order valence-corrected chi connectivity index (χ3v) is 4.11. The molecule has 2 aliphatic heterocycles. The minimum absolute atomic E-state index is 0.00902. The van der Waals surface area contributed by atoms with Crippen LogP contribution < -0.4 is 15.2 Å². The van der Waals surface area contributed by atoms with E-state index in [1.165, 1.54) is 0 Å². The number of hydrogen-bond donors (Lipinski definition) is 1. The van der Waals surface area contributed by atoms with Crippen molar-refractivity contribution in [1.82, 2.24) is 20.4 Å². The zero-order chi connectivity index (χ0) is 16.4. The minimum Gasteiger partial charge on any atom is -0.354 e. The Morgan fingerprint density at radius 3 is 3.08 bits per heavy atom. The molecule has 8 nitrogen and oxygen atoms in total. The predicted molar refractivity (Wildman–Crippen MR) is 87.3 cm³/mol. The van der Waals surface area contributed by atoms with Crippen molar-refractivity contribution in [3.8, 4) is 0 Å². The van der Waals surface area contributed by atoms with E-state index < -0.39 is 0 Å². The first-order valence-corrected chi connectivity index (χ1v) is 7.82. The van der Waals surface area contributed by atoms with Gasteiger partial charge in [-0.25, -0.2) is 9.07 Å². The summed E-state index contributed by atoms with van der Waals surface area (Å²) in [4.78, 5) is 3.81. The number of anilines is 2. The van der Waals surface area contributed by atoms with Crippen LogP contribution in [0.4, 0.5) is 15.8 Å². The molecular formula is C15H18FN7O. The van der Waals surface area contributed by atoms with Crippen molar-refractivity contribution in [3.05, 3.63) is 36.4 Å². The van der Waals surface area contributed by atoms with Crippen molar-refractivity contribution < 1.29 is 9.13 Å². The van der Waals surface area contributed by atoms with Crippen LogP contribution in [0.1, 0.15) is 0 Å². The lowest BCUT2D eigenvalue weighted by Gasteiger charge is -2.24. The number of benzene rings is 1. The molecule has 0 bridgehead atoms. The summed E-state index contributed by atoms with van der Waals surface area (Å²) in [5.41, 5.74) is 4.19. The highest BCUT2D eigenvalue weighted by Crippen LogP contribution is 2.27. The molecule has 0 radical (unpaired) electrons. The van der Waals surface area contributed by atoms with Crippen LogP contribution in [-0.2, 0) is 11.3 Å². The van der Waals surface area contributed by atoms with Crippen molar-refractivity contribution in [2.75, 3.05) is 36.2 Å². The zero-order valence-electron chi connectivity index (χ0n) is 13.0. The fourth-order valence-electron chi connectivity index (χ4n) is 2.89. The van der Waals surface area contributed by atoms with Crippen molar-refractivity contribution in [1.29, 1.82) is 0 Å². The molecule has 0 unspecified atom stereocenters. The molecule has 4 rings (SSSR count). The molecule has 0 spiro atoms. The maximum absolute atomic E-state index is 14.5. The normalized spacial score (nSPS) is 20.5. The van der Waals surface area contributed by atoms with Gasteiger partial charge in [-0.1, -0.05) is 5.21 Å². The second kappa shape index (κ2) is 6.44. The topological polar surface area (TPSA) is 70.8 Å². The third-order valence-electron chi connectivity index (χ3n) is 4.11. The molecule has 1 saturated heterocycles. The highest BCUT2D eigenvalue weighted by atomic mass is 19.1. The second-order valence-electron chi connectivity index (χ2n) is 5.75. The molecular weight excluding hydrogens is 313 g/mol. The van der Waals surface area contributed by atoms with Crippen LogP contribution in [0.5, 0.6) is 0 Å². The van der Waals surface area contributed by atoms with Gasteiger partial charge in [0.05, 0.1) is 31.1 Å². The van der Waals surface area contributed by atoms with Crippen molar-refractivity contribution in [2.24, 2.45) is 5.10 Å². The fourth-order valence-corrected chi connectivity index (χ4v) is 2.89. The fraction of sp³-hybridized carbons (Fsp3) is 0.400. The van der Waals surface area contributed by atoms with Gasteiger partial charge in [0.2, 0.25) is 0 Å². The van der Waals surface area contributed by atoms with E-state index in [1.54, 1.807) is 40.4 Å². The smallest absolute Gasteiger partial charge is 0.148 e. The van der Waals surface area contributed by atoms with Gasteiger partial charge in [-0.2, -0.15) is 5.10 Å². The Bertz CT molecular complexity index is 721. The van der Waals surface area contributed by atoms with Crippen molar-refractivity contribution in [3.63, 3.8) is 0 Å². The van der Waals surface area contributed by atoms with Gasteiger partial charge in [0, 0.05) is 25.0 Å². The number of nitrogens with one attached hydrogen (secondary N) is 1. The zero-order valence-corrected chi connectivity index (χ0v) is 13.0. The molecule has 1 atom stereocenters.